The summed E-state index contributed by atoms with van der Waals surface area (Å²) in [6.07, 6.45) is 6.47. The first kappa shape index (κ1) is 17.5. The molecule has 0 fully saturated rings. The third-order valence-electron chi connectivity index (χ3n) is 5.75. The summed E-state index contributed by atoms with van der Waals surface area (Å²) in [5.74, 6) is 0. The molecule has 2 aromatic carbocycles. The number of aryl methyl sites for hydroxylation is 3. The van der Waals surface area contributed by atoms with Gasteiger partial charge in [-0.25, -0.2) is 0 Å². The van der Waals surface area contributed by atoms with Crippen LogP contribution in [0.4, 0.5) is 0 Å². The molecule has 23 heavy (non-hydrogen) atoms. The number of rotatable bonds is 2. The molecule has 0 heteroatoms. The van der Waals surface area contributed by atoms with Crippen molar-refractivity contribution < 1.29 is 0 Å². The zero-order valence-corrected chi connectivity index (χ0v) is 16.2. The van der Waals surface area contributed by atoms with E-state index >= 15 is 0 Å². The smallest absolute Gasteiger partial charge is 0.00684 e. The first-order valence-corrected chi connectivity index (χ1v) is 8.53. The Balaban J connectivity index is 3.15. The van der Waals surface area contributed by atoms with Crippen LogP contribution in [0.5, 0.6) is 0 Å². The summed E-state index contributed by atoms with van der Waals surface area (Å²) < 4.78 is 0. The molecule has 0 saturated heterocycles. The summed E-state index contributed by atoms with van der Waals surface area (Å²) in [6, 6.07) is 0. The average molecular weight is 306 g/mol. The monoisotopic (exact) mass is 306 g/mol. The zero-order valence-electron chi connectivity index (χ0n) is 16.2. The topological polar surface area (TPSA) is 0 Å². The Labute approximate surface area is 141 Å². The number of fused-ring (bicyclic) bond motifs is 1. The van der Waals surface area contributed by atoms with Crippen LogP contribution in [0.25, 0.3) is 16.3 Å². The molecule has 0 N–H and O–H groups in total. The minimum atomic E-state index is 1.35. The summed E-state index contributed by atoms with van der Waals surface area (Å²) in [4.78, 5) is 0. The van der Waals surface area contributed by atoms with E-state index in [9.17, 15) is 0 Å². The van der Waals surface area contributed by atoms with Crippen LogP contribution in [-0.2, 0) is 0 Å². The second-order valence-corrected chi connectivity index (χ2v) is 6.88. The maximum atomic E-state index is 2.28. The van der Waals surface area contributed by atoms with Gasteiger partial charge in [-0.3, -0.25) is 0 Å². The SMILES string of the molecule is C/C=C/C=C(/C)c1c(C)c(C)c(C)c2c(C)c(C)c(C)c(C)c12. The molecule has 0 unspecified atom stereocenters. The normalized spacial score (nSPS) is 12.7. The quantitative estimate of drug-likeness (QED) is 0.525. The van der Waals surface area contributed by atoms with Gasteiger partial charge in [0.05, 0.1) is 0 Å². The lowest BCUT2D eigenvalue weighted by Gasteiger charge is -2.23. The van der Waals surface area contributed by atoms with E-state index in [1.54, 1.807) is 0 Å². The van der Waals surface area contributed by atoms with Gasteiger partial charge < -0.3 is 0 Å². The standard InChI is InChI=1S/C23H30/c1-10-11-12-13(2)21-17(6)16(5)19(8)22-18(7)14(3)15(4)20(9)23(21)22/h10-12H,1-9H3/b11-10+,13-12-. The minimum Gasteiger partial charge on any atom is -0.0877 e. The molecule has 122 valence electrons. The van der Waals surface area contributed by atoms with Crippen LogP contribution in [0.3, 0.4) is 0 Å². The van der Waals surface area contributed by atoms with Crippen LogP contribution in [0.1, 0.15) is 58.4 Å². The second kappa shape index (κ2) is 6.35. The highest BCUT2D eigenvalue weighted by Crippen LogP contribution is 2.39. The van der Waals surface area contributed by atoms with Crippen LogP contribution >= 0.6 is 0 Å². The lowest BCUT2D eigenvalue weighted by Crippen LogP contribution is -2.03. The number of allylic oxidation sites excluding steroid dienone is 4. The Hall–Kier alpha value is -1.82. The first-order valence-electron chi connectivity index (χ1n) is 8.53. The van der Waals surface area contributed by atoms with E-state index in [2.05, 4.69) is 80.5 Å². The van der Waals surface area contributed by atoms with Gasteiger partial charge >= 0.3 is 0 Å². The van der Waals surface area contributed by atoms with Gasteiger partial charge in [-0.15, -0.1) is 0 Å². The van der Waals surface area contributed by atoms with Crippen LogP contribution in [0.15, 0.2) is 18.2 Å². The summed E-state index contributed by atoms with van der Waals surface area (Å²) in [6.45, 7) is 20.2. The van der Waals surface area contributed by atoms with Crippen LogP contribution in [0.2, 0.25) is 0 Å². The molecule has 0 nitrogen and oxygen atoms in total. The van der Waals surface area contributed by atoms with Crippen LogP contribution in [-0.4, -0.2) is 0 Å². The molecule has 0 spiro atoms. The molecule has 0 atom stereocenters. The average Bonchev–Trinajstić information content (AvgIpc) is 2.53. The van der Waals surface area contributed by atoms with Crippen LogP contribution < -0.4 is 0 Å². The lowest BCUT2D eigenvalue weighted by molar-refractivity contribution is 1.21. The van der Waals surface area contributed by atoms with E-state index in [1.807, 2.05) is 0 Å². The van der Waals surface area contributed by atoms with E-state index in [0.717, 1.165) is 0 Å². The highest BCUT2D eigenvalue weighted by molar-refractivity contribution is 6.02. The molecule has 0 amide bonds. The first-order chi connectivity index (χ1) is 10.7. The van der Waals surface area contributed by atoms with E-state index in [0.29, 0.717) is 0 Å². The Bertz CT molecular complexity index is 835. The number of benzene rings is 2. The van der Waals surface area contributed by atoms with Crippen molar-refractivity contribution in [1.82, 2.24) is 0 Å². The maximum Gasteiger partial charge on any atom is -0.00684 e. The Kier molecular flexibility index (Phi) is 4.84. The number of hydrogen-bond donors (Lipinski definition) is 0. The Morgan fingerprint density at radius 3 is 1.52 bits per heavy atom. The largest absolute Gasteiger partial charge is 0.0877 e. The van der Waals surface area contributed by atoms with Crippen molar-refractivity contribution in [2.24, 2.45) is 0 Å². The van der Waals surface area contributed by atoms with E-state index in [-0.39, 0.29) is 0 Å². The van der Waals surface area contributed by atoms with Crippen molar-refractivity contribution >= 4 is 16.3 Å². The Morgan fingerprint density at radius 2 is 1.04 bits per heavy atom. The molecule has 0 radical (unpaired) electrons. The Morgan fingerprint density at radius 1 is 0.609 bits per heavy atom. The predicted octanol–water partition coefficient (Wildman–Crippen LogP) is 6.98. The highest BCUT2D eigenvalue weighted by Gasteiger charge is 2.19. The summed E-state index contributed by atoms with van der Waals surface area (Å²) >= 11 is 0. The van der Waals surface area contributed by atoms with Gasteiger partial charge in [0.2, 0.25) is 0 Å². The van der Waals surface area contributed by atoms with Crippen molar-refractivity contribution in [3.05, 3.63) is 62.7 Å². The van der Waals surface area contributed by atoms with Crippen molar-refractivity contribution in [3.63, 3.8) is 0 Å². The van der Waals surface area contributed by atoms with Gasteiger partial charge in [0, 0.05) is 0 Å². The fraction of sp³-hybridized carbons (Fsp3) is 0.391. The molecule has 0 aliphatic carbocycles. The van der Waals surface area contributed by atoms with Gasteiger partial charge in [-0.05, 0) is 123 Å². The lowest BCUT2D eigenvalue weighted by atomic mass is 9.81. The molecular formula is C23H30. The van der Waals surface area contributed by atoms with Crippen molar-refractivity contribution in [2.75, 3.05) is 0 Å². The van der Waals surface area contributed by atoms with Crippen molar-refractivity contribution in [1.29, 1.82) is 0 Å². The molecular weight excluding hydrogens is 276 g/mol. The molecule has 2 aromatic rings. The van der Waals surface area contributed by atoms with Gasteiger partial charge in [-0.2, -0.15) is 0 Å². The zero-order chi connectivity index (χ0) is 17.5. The van der Waals surface area contributed by atoms with Gasteiger partial charge in [-0.1, -0.05) is 18.2 Å². The summed E-state index contributed by atoms with van der Waals surface area (Å²) in [5.41, 5.74) is 12.8. The summed E-state index contributed by atoms with van der Waals surface area (Å²) in [7, 11) is 0. The number of hydrogen-bond acceptors (Lipinski definition) is 0. The highest BCUT2D eigenvalue weighted by atomic mass is 14.2. The third-order valence-corrected chi connectivity index (χ3v) is 5.75. The summed E-state index contributed by atoms with van der Waals surface area (Å²) in [5, 5.41) is 2.90. The van der Waals surface area contributed by atoms with Crippen molar-refractivity contribution in [2.45, 2.75) is 62.3 Å². The fourth-order valence-electron chi connectivity index (χ4n) is 3.75. The van der Waals surface area contributed by atoms with Gasteiger partial charge in [0.15, 0.2) is 0 Å². The minimum absolute atomic E-state index is 1.35. The predicted molar refractivity (Wildman–Crippen MR) is 106 cm³/mol. The van der Waals surface area contributed by atoms with Crippen molar-refractivity contribution in [3.8, 4) is 0 Å². The maximum absolute atomic E-state index is 2.28. The van der Waals surface area contributed by atoms with E-state index in [1.165, 1.54) is 60.9 Å². The third kappa shape index (κ3) is 2.65. The fourth-order valence-corrected chi connectivity index (χ4v) is 3.75. The second-order valence-electron chi connectivity index (χ2n) is 6.88. The van der Waals surface area contributed by atoms with E-state index in [4.69, 9.17) is 0 Å². The van der Waals surface area contributed by atoms with Gasteiger partial charge in [0.25, 0.3) is 0 Å². The van der Waals surface area contributed by atoms with Gasteiger partial charge in [0.1, 0.15) is 0 Å². The molecule has 0 aliphatic rings. The molecule has 0 aromatic heterocycles. The molecule has 2 rings (SSSR count). The molecule has 0 aliphatic heterocycles. The molecule has 0 saturated carbocycles. The molecule has 0 heterocycles. The van der Waals surface area contributed by atoms with Crippen LogP contribution in [0, 0.1) is 48.5 Å². The van der Waals surface area contributed by atoms with E-state index < -0.39 is 0 Å². The molecule has 0 bridgehead atoms.